The summed E-state index contributed by atoms with van der Waals surface area (Å²) in [6.07, 6.45) is 0. The molecule has 6 heteroatoms. The highest BCUT2D eigenvalue weighted by molar-refractivity contribution is 6.22. The van der Waals surface area contributed by atoms with Gasteiger partial charge in [0.1, 0.15) is 5.75 Å². The molecule has 0 unspecified atom stereocenters. The Kier molecular flexibility index (Phi) is 4.37. The topological polar surface area (TPSA) is 86.7 Å². The summed E-state index contributed by atoms with van der Waals surface area (Å²) >= 11 is 0. The quantitative estimate of drug-likeness (QED) is 0.687. The molecule has 0 saturated heterocycles. The van der Waals surface area contributed by atoms with Crippen molar-refractivity contribution in [2.24, 2.45) is 0 Å². The van der Waals surface area contributed by atoms with E-state index >= 15 is 0 Å². The maximum Gasteiger partial charge on any atom is 0.261 e. The Labute approximate surface area is 161 Å². The number of anilines is 1. The molecule has 1 aliphatic rings. The van der Waals surface area contributed by atoms with Crippen molar-refractivity contribution in [3.8, 4) is 5.75 Å². The van der Waals surface area contributed by atoms with Crippen LogP contribution in [0.3, 0.4) is 0 Å². The van der Waals surface area contributed by atoms with Gasteiger partial charge in [0.15, 0.2) is 0 Å². The van der Waals surface area contributed by atoms with Gasteiger partial charge in [-0.15, -0.1) is 0 Å². The number of fused-ring (bicyclic) bond motifs is 1. The molecule has 2 N–H and O–H groups in total. The molecule has 0 aliphatic carbocycles. The molecule has 1 aliphatic heterocycles. The number of phenolic OH excluding ortho intramolecular Hbond substituents is 1. The van der Waals surface area contributed by atoms with Crippen LogP contribution in [-0.2, 0) is 6.54 Å². The van der Waals surface area contributed by atoms with Crippen LogP contribution in [0.4, 0.5) is 5.69 Å². The van der Waals surface area contributed by atoms with Gasteiger partial charge in [0, 0.05) is 16.8 Å². The molecule has 0 bridgehead atoms. The maximum absolute atomic E-state index is 12.7. The predicted molar refractivity (Wildman–Crippen MR) is 103 cm³/mol. The molecule has 3 aromatic rings. The van der Waals surface area contributed by atoms with Crippen LogP contribution in [0.1, 0.15) is 36.6 Å². The lowest BCUT2D eigenvalue weighted by Crippen LogP contribution is -2.29. The summed E-state index contributed by atoms with van der Waals surface area (Å²) in [5, 5.41) is 12.7. The average Bonchev–Trinajstić information content (AvgIpc) is 2.95. The monoisotopic (exact) mass is 372 g/mol. The van der Waals surface area contributed by atoms with E-state index in [4.69, 9.17) is 0 Å². The third-order valence-electron chi connectivity index (χ3n) is 4.58. The van der Waals surface area contributed by atoms with Crippen molar-refractivity contribution in [2.45, 2.75) is 6.54 Å². The van der Waals surface area contributed by atoms with Crippen LogP contribution in [0, 0.1) is 0 Å². The molecule has 6 nitrogen and oxygen atoms in total. The number of nitrogens with one attached hydrogen (secondary N) is 1. The van der Waals surface area contributed by atoms with Crippen LogP contribution in [0.5, 0.6) is 5.75 Å². The van der Waals surface area contributed by atoms with E-state index in [2.05, 4.69) is 5.32 Å². The van der Waals surface area contributed by atoms with Crippen molar-refractivity contribution in [3.63, 3.8) is 0 Å². The third-order valence-corrected chi connectivity index (χ3v) is 4.58. The van der Waals surface area contributed by atoms with Crippen LogP contribution < -0.4 is 5.32 Å². The van der Waals surface area contributed by atoms with Crippen LogP contribution in [0.25, 0.3) is 0 Å². The van der Waals surface area contributed by atoms with Gasteiger partial charge in [0.05, 0.1) is 17.7 Å². The maximum atomic E-state index is 12.7. The number of hydrogen-bond donors (Lipinski definition) is 2. The van der Waals surface area contributed by atoms with Gasteiger partial charge in [-0.2, -0.15) is 0 Å². The number of imide groups is 1. The molecule has 0 radical (unpaired) electrons. The van der Waals surface area contributed by atoms with Gasteiger partial charge in [-0.05, 0) is 36.4 Å². The summed E-state index contributed by atoms with van der Waals surface area (Å²) in [7, 11) is 0. The number of amides is 3. The van der Waals surface area contributed by atoms with Crippen LogP contribution in [-0.4, -0.2) is 27.7 Å². The molecule has 3 amide bonds. The summed E-state index contributed by atoms with van der Waals surface area (Å²) in [5.41, 5.74) is 1.91. The number of phenols is 1. The van der Waals surface area contributed by atoms with E-state index < -0.39 is 11.8 Å². The molecule has 4 rings (SSSR count). The van der Waals surface area contributed by atoms with E-state index in [0.29, 0.717) is 16.8 Å². The van der Waals surface area contributed by atoms with E-state index in [-0.39, 0.29) is 29.3 Å². The molecular weight excluding hydrogens is 356 g/mol. The predicted octanol–water partition coefficient (Wildman–Crippen LogP) is 3.44. The Morgan fingerprint density at radius 2 is 1.54 bits per heavy atom. The molecule has 0 aromatic heterocycles. The van der Waals surface area contributed by atoms with Gasteiger partial charge in [0.25, 0.3) is 17.7 Å². The minimum absolute atomic E-state index is 0.0230. The molecule has 1 heterocycles. The first kappa shape index (κ1) is 17.5. The summed E-state index contributed by atoms with van der Waals surface area (Å²) < 4.78 is 0. The van der Waals surface area contributed by atoms with Crippen molar-refractivity contribution in [3.05, 3.63) is 95.1 Å². The molecule has 0 atom stereocenters. The second-order valence-electron chi connectivity index (χ2n) is 6.41. The number of carbonyl (C=O) groups is 3. The average molecular weight is 372 g/mol. The largest absolute Gasteiger partial charge is 0.508 e. The van der Waals surface area contributed by atoms with E-state index in [1.165, 1.54) is 18.2 Å². The van der Waals surface area contributed by atoms with Gasteiger partial charge < -0.3 is 10.4 Å². The smallest absolute Gasteiger partial charge is 0.261 e. The molecule has 138 valence electrons. The van der Waals surface area contributed by atoms with Crippen molar-refractivity contribution in [1.82, 2.24) is 4.90 Å². The Morgan fingerprint density at radius 3 is 2.29 bits per heavy atom. The fraction of sp³-hybridized carbons (Fsp3) is 0.0455. The van der Waals surface area contributed by atoms with E-state index in [1.807, 2.05) is 6.07 Å². The Morgan fingerprint density at radius 1 is 0.857 bits per heavy atom. The number of benzene rings is 3. The van der Waals surface area contributed by atoms with Gasteiger partial charge in [-0.1, -0.05) is 36.4 Å². The molecule has 0 saturated carbocycles. The van der Waals surface area contributed by atoms with Crippen LogP contribution in [0.15, 0.2) is 72.8 Å². The summed E-state index contributed by atoms with van der Waals surface area (Å²) in [4.78, 5) is 38.7. The fourth-order valence-electron chi connectivity index (χ4n) is 3.12. The first-order valence-electron chi connectivity index (χ1n) is 8.68. The zero-order valence-corrected chi connectivity index (χ0v) is 14.8. The summed E-state index contributed by atoms with van der Waals surface area (Å²) in [6, 6.07) is 19.9. The van der Waals surface area contributed by atoms with E-state index in [1.54, 1.807) is 48.5 Å². The van der Waals surface area contributed by atoms with Crippen LogP contribution >= 0.6 is 0 Å². The first-order chi connectivity index (χ1) is 13.5. The normalized spacial score (nSPS) is 12.8. The fourth-order valence-corrected chi connectivity index (χ4v) is 3.12. The van der Waals surface area contributed by atoms with Crippen LogP contribution in [0.2, 0.25) is 0 Å². The van der Waals surface area contributed by atoms with E-state index in [0.717, 1.165) is 4.90 Å². The molecule has 0 spiro atoms. The third kappa shape index (κ3) is 3.12. The molecule has 28 heavy (non-hydrogen) atoms. The number of nitrogens with zero attached hydrogens (tertiary/aromatic N) is 1. The Balaban J connectivity index is 1.57. The van der Waals surface area contributed by atoms with Gasteiger partial charge in [-0.3, -0.25) is 19.3 Å². The number of para-hydroxylation sites is 1. The highest BCUT2D eigenvalue weighted by Gasteiger charge is 2.36. The van der Waals surface area contributed by atoms with Crippen molar-refractivity contribution < 1.29 is 19.5 Å². The zero-order valence-electron chi connectivity index (χ0n) is 14.8. The Hall–Kier alpha value is -3.93. The van der Waals surface area contributed by atoms with Crippen molar-refractivity contribution >= 4 is 23.4 Å². The highest BCUT2D eigenvalue weighted by atomic mass is 16.3. The van der Waals surface area contributed by atoms with Crippen molar-refractivity contribution in [1.29, 1.82) is 0 Å². The summed E-state index contributed by atoms with van der Waals surface area (Å²) in [6.45, 7) is -0.0231. The molecule has 3 aromatic carbocycles. The zero-order chi connectivity index (χ0) is 19.7. The number of hydrogen-bond acceptors (Lipinski definition) is 4. The number of carbonyl (C=O) groups excluding carboxylic acids is 3. The second-order valence-corrected chi connectivity index (χ2v) is 6.41. The minimum atomic E-state index is -0.459. The summed E-state index contributed by atoms with van der Waals surface area (Å²) in [5.74, 6) is -1.17. The number of rotatable bonds is 4. The lowest BCUT2D eigenvalue weighted by atomic mass is 10.1. The Bertz CT molecular complexity index is 1090. The minimum Gasteiger partial charge on any atom is -0.508 e. The van der Waals surface area contributed by atoms with E-state index in [9.17, 15) is 19.5 Å². The molecular formula is C22H16N2O4. The van der Waals surface area contributed by atoms with Gasteiger partial charge in [0.2, 0.25) is 0 Å². The van der Waals surface area contributed by atoms with Gasteiger partial charge >= 0.3 is 0 Å². The SMILES string of the molecule is O=C(Nc1ccc2c(c1)C(=O)N(Cc1ccccc1O)C2=O)c1ccccc1. The standard InChI is InChI=1S/C22H16N2O4/c25-19-9-5-4-8-15(19)13-24-21(27)17-11-10-16(12-18(17)22(24)28)23-20(26)14-6-2-1-3-7-14/h1-12,25H,13H2,(H,23,26). The second kappa shape index (κ2) is 7.00. The van der Waals surface area contributed by atoms with Crippen molar-refractivity contribution in [2.75, 3.05) is 5.32 Å². The van der Waals surface area contributed by atoms with Gasteiger partial charge in [-0.25, -0.2) is 0 Å². The lowest BCUT2D eigenvalue weighted by molar-refractivity contribution is 0.0641. The number of aromatic hydroxyl groups is 1. The lowest BCUT2D eigenvalue weighted by Gasteiger charge is -2.14. The highest BCUT2D eigenvalue weighted by Crippen LogP contribution is 2.29. The first-order valence-corrected chi connectivity index (χ1v) is 8.68. The molecule has 0 fully saturated rings.